The number of nitrogens with zero attached hydrogens (tertiary/aromatic N) is 3. The zero-order chi connectivity index (χ0) is 29.9. The van der Waals surface area contributed by atoms with Crippen molar-refractivity contribution in [3.63, 3.8) is 0 Å². The fraction of sp³-hybridized carbons (Fsp3) is 0.609. The van der Waals surface area contributed by atoms with Crippen LogP contribution in [-0.4, -0.2) is 81.1 Å². The molecule has 2 radical (unpaired) electrons. The number of hydrogen-bond acceptors (Lipinski definition) is 12. The lowest BCUT2D eigenvalue weighted by Crippen LogP contribution is -2.33. The molecule has 41 heavy (non-hydrogen) atoms. The summed E-state index contributed by atoms with van der Waals surface area (Å²) in [5, 5.41) is 29.4. The van der Waals surface area contributed by atoms with Crippen LogP contribution in [0, 0.1) is 25.2 Å². The quantitative estimate of drug-likeness (QED) is 0.137. The summed E-state index contributed by atoms with van der Waals surface area (Å²) in [4.78, 5) is 52.4. The molecule has 0 bridgehead atoms. The smallest absolute Gasteiger partial charge is 0.394 e. The van der Waals surface area contributed by atoms with Gasteiger partial charge in [0.1, 0.15) is 44.0 Å². The number of aryl methyl sites for hydroxylation is 2. The van der Waals surface area contributed by atoms with Crippen LogP contribution < -0.4 is 22.5 Å². The monoisotopic (exact) mass is 594 g/mol. The van der Waals surface area contributed by atoms with Gasteiger partial charge in [-0.3, -0.25) is 28.7 Å². The third-order valence-corrected chi connectivity index (χ3v) is 8.28. The Labute approximate surface area is 234 Å². The van der Waals surface area contributed by atoms with Gasteiger partial charge in [0.05, 0.1) is 25.2 Å². The normalized spacial score (nSPS) is 27.5. The zero-order valence-electron chi connectivity index (χ0n) is 22.3. The minimum Gasteiger partial charge on any atom is -0.394 e. The molecule has 18 heteroatoms. The first-order valence-electron chi connectivity index (χ1n) is 12.7. The van der Waals surface area contributed by atoms with Gasteiger partial charge in [0.25, 0.3) is 11.1 Å². The van der Waals surface area contributed by atoms with Crippen molar-refractivity contribution in [3.05, 3.63) is 65.2 Å². The number of rotatable bonds is 11. The van der Waals surface area contributed by atoms with Crippen LogP contribution in [0.15, 0.2) is 31.6 Å². The van der Waals surface area contributed by atoms with Crippen LogP contribution >= 0.6 is 7.82 Å². The zero-order valence-corrected chi connectivity index (χ0v) is 23.2. The summed E-state index contributed by atoms with van der Waals surface area (Å²) >= 11 is 0. The first-order chi connectivity index (χ1) is 19.4. The van der Waals surface area contributed by atoms with Gasteiger partial charge in [0.15, 0.2) is 0 Å². The second-order valence-electron chi connectivity index (χ2n) is 9.66. The summed E-state index contributed by atoms with van der Waals surface area (Å²) in [5.41, 5.74) is -1.93. The molecule has 4 heterocycles. The van der Waals surface area contributed by atoms with Gasteiger partial charge in [-0.25, -0.2) is 9.59 Å². The Hall–Kier alpha value is -2.94. The van der Waals surface area contributed by atoms with Crippen LogP contribution in [0.2, 0.25) is 0 Å². The predicted octanol–water partition coefficient (Wildman–Crippen LogP) is -1.19. The summed E-state index contributed by atoms with van der Waals surface area (Å²) in [6.45, 7) is 2.06. The Morgan fingerprint density at radius 3 is 2.15 bits per heavy atom. The molecule has 4 rings (SSSR count). The summed E-state index contributed by atoms with van der Waals surface area (Å²) in [5.74, 6) is 0. The van der Waals surface area contributed by atoms with Gasteiger partial charge in [0, 0.05) is 36.4 Å². The minimum absolute atomic E-state index is 0.0175. The molecule has 0 aliphatic carbocycles. The first kappa shape index (κ1) is 31.0. The van der Waals surface area contributed by atoms with Gasteiger partial charge in [-0.2, -0.15) is 18.8 Å². The lowest BCUT2D eigenvalue weighted by molar-refractivity contribution is -0.0555. The van der Waals surface area contributed by atoms with E-state index in [9.17, 15) is 29.4 Å². The Morgan fingerprint density at radius 1 is 1.02 bits per heavy atom. The second kappa shape index (κ2) is 12.9. The van der Waals surface area contributed by atoms with E-state index in [1.807, 2.05) is 6.07 Å². The number of nitrogens with one attached hydrogen (secondary N) is 2. The SMILES string of the molecule is [B][P+](OCCC#N)(OC[C@H]1O[C@@H](n2cc(C)c(=O)[nH]c2=O)C[C@@H]1O)O[C@H]1C[C@H](n2cc(C)c(=O)[nH]c2=O)O[C@@H]1CO. The summed E-state index contributed by atoms with van der Waals surface area (Å²) in [7, 11) is 2.64. The van der Waals surface area contributed by atoms with E-state index in [1.54, 1.807) is 0 Å². The number of aromatic amines is 2. The highest BCUT2D eigenvalue weighted by Gasteiger charge is 2.50. The lowest BCUT2D eigenvalue weighted by Gasteiger charge is -2.25. The first-order valence-corrected chi connectivity index (χ1v) is 14.3. The molecule has 1 unspecified atom stereocenters. The van der Waals surface area contributed by atoms with Gasteiger partial charge in [-0.15, -0.1) is 0 Å². The van der Waals surface area contributed by atoms with E-state index in [0.717, 1.165) is 4.57 Å². The highest BCUT2D eigenvalue weighted by atomic mass is 31.2. The number of H-pyrrole nitrogens is 2. The molecule has 220 valence electrons. The van der Waals surface area contributed by atoms with Gasteiger partial charge in [0.2, 0.25) is 0 Å². The van der Waals surface area contributed by atoms with Crippen LogP contribution in [0.3, 0.4) is 0 Å². The molecule has 2 aliphatic rings. The summed E-state index contributed by atoms with van der Waals surface area (Å²) in [6.07, 6.45) is -3.04. The van der Waals surface area contributed by atoms with Crippen LogP contribution in [0.25, 0.3) is 0 Å². The summed E-state index contributed by atoms with van der Waals surface area (Å²) < 4.78 is 31.3. The number of aromatic nitrogens is 4. The Bertz CT molecular complexity index is 1520. The topological polar surface area (TPSA) is 220 Å². The van der Waals surface area contributed by atoms with Crippen molar-refractivity contribution in [2.24, 2.45) is 0 Å². The van der Waals surface area contributed by atoms with Crippen LogP contribution in [0.4, 0.5) is 0 Å². The highest BCUT2D eigenvalue weighted by Crippen LogP contribution is 2.60. The van der Waals surface area contributed by atoms with Crippen molar-refractivity contribution >= 4 is 15.4 Å². The molecule has 0 saturated carbocycles. The van der Waals surface area contributed by atoms with Crippen LogP contribution in [0.5, 0.6) is 0 Å². The van der Waals surface area contributed by atoms with E-state index >= 15 is 0 Å². The molecule has 2 aromatic heterocycles. The number of nitriles is 1. The standard InChI is InChI=1S/C23H30BN5O11P/c1-12-8-28(22(34)26-20(12)32)18-6-14(31)17(39-18)11-37-41(24,36-5-3-4-25)40-15-7-19(38-16(15)10-30)29-9-13(2)21(33)27-23(29)35/h8-9,14-19,30-31H,3,5-7,10-11H2,1-2H3,(H,26,32,34)(H,27,33,35)/q+1/t14-,15-,16+,17+,18+,19+,41?/m0/s1. The fourth-order valence-electron chi connectivity index (χ4n) is 4.46. The predicted molar refractivity (Wildman–Crippen MR) is 142 cm³/mol. The average Bonchev–Trinajstić information content (AvgIpc) is 3.49. The second-order valence-corrected chi connectivity index (χ2v) is 11.5. The van der Waals surface area contributed by atoms with Crippen molar-refractivity contribution in [1.82, 2.24) is 19.1 Å². The lowest BCUT2D eigenvalue weighted by atomic mass is 10.2. The maximum absolute atomic E-state index is 12.4. The third kappa shape index (κ3) is 7.11. The molecular formula is C23H30BN5O11P+. The van der Waals surface area contributed by atoms with Crippen molar-refractivity contribution in [3.8, 4) is 6.07 Å². The average molecular weight is 594 g/mol. The number of ether oxygens (including phenoxy) is 2. The largest absolute Gasteiger partial charge is 0.488 e. The number of aliphatic hydroxyl groups is 2. The minimum atomic E-state index is -3.74. The fourth-order valence-corrected chi connectivity index (χ4v) is 5.96. The Morgan fingerprint density at radius 2 is 1.59 bits per heavy atom. The van der Waals surface area contributed by atoms with Crippen LogP contribution in [-0.2, 0) is 23.0 Å². The van der Waals surface area contributed by atoms with Crippen molar-refractivity contribution in [2.75, 3.05) is 19.8 Å². The van der Waals surface area contributed by atoms with E-state index in [2.05, 4.69) is 9.97 Å². The molecule has 2 aromatic rings. The molecule has 2 saturated heterocycles. The highest BCUT2D eigenvalue weighted by molar-refractivity contribution is 7.85. The van der Waals surface area contributed by atoms with E-state index < -0.39 is 73.8 Å². The molecule has 0 amide bonds. The molecule has 2 fully saturated rings. The Balaban J connectivity index is 1.47. The summed E-state index contributed by atoms with van der Waals surface area (Å²) in [6, 6.07) is 1.91. The molecule has 7 atom stereocenters. The van der Waals surface area contributed by atoms with E-state index in [0.29, 0.717) is 0 Å². The maximum atomic E-state index is 12.4. The molecule has 0 spiro atoms. The van der Waals surface area contributed by atoms with Crippen molar-refractivity contribution < 1.29 is 33.3 Å². The van der Waals surface area contributed by atoms with Gasteiger partial charge in [-0.05, 0) is 13.8 Å². The third-order valence-electron chi connectivity index (χ3n) is 6.66. The van der Waals surface area contributed by atoms with Crippen LogP contribution in [0.1, 0.15) is 42.8 Å². The van der Waals surface area contributed by atoms with Gasteiger partial charge < -0.3 is 19.7 Å². The van der Waals surface area contributed by atoms with E-state index in [-0.39, 0.29) is 43.6 Å². The molecule has 16 nitrogen and oxygen atoms in total. The van der Waals surface area contributed by atoms with Gasteiger partial charge in [-0.1, -0.05) is 0 Å². The van der Waals surface area contributed by atoms with E-state index in [1.165, 1.54) is 30.8 Å². The maximum Gasteiger partial charge on any atom is 0.488 e. The molecular weight excluding hydrogens is 564 g/mol. The van der Waals surface area contributed by atoms with Gasteiger partial charge >= 0.3 is 26.8 Å². The van der Waals surface area contributed by atoms with E-state index in [4.69, 9.17) is 35.9 Å². The molecule has 4 N–H and O–H groups in total. The number of hydrogen-bond donors (Lipinski definition) is 4. The Kier molecular flexibility index (Phi) is 9.78. The molecule has 2 aliphatic heterocycles. The van der Waals surface area contributed by atoms with Crippen molar-refractivity contribution in [1.29, 1.82) is 5.26 Å². The van der Waals surface area contributed by atoms with Crippen molar-refractivity contribution in [2.45, 2.75) is 70.0 Å². The number of aliphatic hydroxyl groups excluding tert-OH is 2. The molecule has 0 aromatic carbocycles.